The molecular formula is C16H12F4N2. The van der Waals surface area contributed by atoms with Gasteiger partial charge in [0, 0.05) is 29.3 Å². The molecule has 0 fully saturated rings. The lowest BCUT2D eigenvalue weighted by atomic mass is 9.91. The van der Waals surface area contributed by atoms with Gasteiger partial charge in [-0.2, -0.15) is 13.2 Å². The number of alkyl halides is 3. The smallest absolute Gasteiger partial charge is 0.364 e. The Balaban J connectivity index is 2.10. The quantitative estimate of drug-likeness (QED) is 0.658. The lowest BCUT2D eigenvalue weighted by molar-refractivity contribution is -0.137. The molecule has 0 aliphatic heterocycles. The molecule has 1 aromatic carbocycles. The molecule has 22 heavy (non-hydrogen) atoms. The van der Waals surface area contributed by atoms with Gasteiger partial charge in [0.1, 0.15) is 5.82 Å². The summed E-state index contributed by atoms with van der Waals surface area (Å²) in [4.78, 5) is 5.97. The summed E-state index contributed by atoms with van der Waals surface area (Å²) in [5.74, 6) is -1.41. The highest BCUT2D eigenvalue weighted by molar-refractivity contribution is 5.40. The number of nitrogens with one attached hydrogen (secondary N) is 2. The fraction of sp³-hybridized carbons (Fsp3) is 0.125. The first-order valence-electron chi connectivity index (χ1n) is 6.60. The predicted molar refractivity (Wildman–Crippen MR) is 73.9 cm³/mol. The van der Waals surface area contributed by atoms with Gasteiger partial charge in [-0.3, -0.25) is 0 Å². The van der Waals surface area contributed by atoms with Crippen molar-refractivity contribution in [3.05, 3.63) is 83.2 Å². The number of benzene rings is 1. The van der Waals surface area contributed by atoms with Crippen molar-refractivity contribution < 1.29 is 17.6 Å². The van der Waals surface area contributed by atoms with Crippen LogP contribution in [0.25, 0.3) is 0 Å². The van der Waals surface area contributed by atoms with Gasteiger partial charge in [0.05, 0.1) is 11.5 Å². The molecule has 114 valence electrons. The average molecular weight is 308 g/mol. The van der Waals surface area contributed by atoms with Gasteiger partial charge in [-0.1, -0.05) is 6.07 Å². The van der Waals surface area contributed by atoms with Crippen molar-refractivity contribution in [1.29, 1.82) is 0 Å². The van der Waals surface area contributed by atoms with E-state index in [1.807, 2.05) is 0 Å². The van der Waals surface area contributed by atoms with Gasteiger partial charge in [0.25, 0.3) is 0 Å². The molecule has 0 bridgehead atoms. The molecule has 0 radical (unpaired) electrons. The number of rotatable bonds is 3. The Morgan fingerprint density at radius 1 is 0.864 bits per heavy atom. The van der Waals surface area contributed by atoms with Crippen molar-refractivity contribution in [3.63, 3.8) is 0 Å². The lowest BCUT2D eigenvalue weighted by Crippen LogP contribution is -2.10. The molecule has 0 aliphatic carbocycles. The SMILES string of the molecule is Fc1cc(C(F)(F)F)ccc1C(c1ccc[nH]1)c1ccc[nH]1. The maximum absolute atomic E-state index is 14.3. The van der Waals surface area contributed by atoms with E-state index < -0.39 is 23.5 Å². The van der Waals surface area contributed by atoms with Crippen LogP contribution in [0.15, 0.2) is 54.9 Å². The van der Waals surface area contributed by atoms with E-state index in [2.05, 4.69) is 9.97 Å². The first-order chi connectivity index (χ1) is 10.5. The highest BCUT2D eigenvalue weighted by atomic mass is 19.4. The molecule has 0 spiro atoms. The molecule has 3 aromatic rings. The van der Waals surface area contributed by atoms with E-state index in [-0.39, 0.29) is 5.56 Å². The van der Waals surface area contributed by atoms with Gasteiger partial charge in [-0.15, -0.1) is 0 Å². The first-order valence-corrected chi connectivity index (χ1v) is 6.60. The maximum Gasteiger partial charge on any atom is 0.416 e. The number of H-pyrrole nitrogens is 2. The third-order valence-corrected chi connectivity index (χ3v) is 3.50. The average Bonchev–Trinajstić information content (AvgIpc) is 3.13. The van der Waals surface area contributed by atoms with E-state index >= 15 is 0 Å². The van der Waals surface area contributed by atoms with E-state index in [4.69, 9.17) is 0 Å². The van der Waals surface area contributed by atoms with Gasteiger partial charge in [-0.25, -0.2) is 4.39 Å². The molecule has 0 amide bonds. The van der Waals surface area contributed by atoms with Crippen LogP contribution in [0, 0.1) is 5.82 Å². The third kappa shape index (κ3) is 2.64. The summed E-state index contributed by atoms with van der Waals surface area (Å²) in [5, 5.41) is 0. The lowest BCUT2D eigenvalue weighted by Gasteiger charge is -2.17. The Morgan fingerprint density at radius 2 is 1.45 bits per heavy atom. The predicted octanol–water partition coefficient (Wildman–Crippen LogP) is 4.68. The van der Waals surface area contributed by atoms with Gasteiger partial charge >= 0.3 is 6.18 Å². The number of aromatic nitrogens is 2. The van der Waals surface area contributed by atoms with Crippen LogP contribution in [-0.2, 0) is 6.18 Å². The maximum atomic E-state index is 14.3. The summed E-state index contributed by atoms with van der Waals surface area (Å²) in [6.45, 7) is 0. The second kappa shape index (κ2) is 5.36. The molecule has 2 N–H and O–H groups in total. The molecule has 2 nitrogen and oxygen atoms in total. The zero-order valence-electron chi connectivity index (χ0n) is 11.3. The van der Waals surface area contributed by atoms with Gasteiger partial charge in [0.15, 0.2) is 0 Å². The molecule has 6 heteroatoms. The zero-order chi connectivity index (χ0) is 15.7. The fourth-order valence-electron chi connectivity index (χ4n) is 2.49. The molecular weight excluding hydrogens is 296 g/mol. The Bertz CT molecular complexity index is 709. The number of hydrogen-bond donors (Lipinski definition) is 2. The molecule has 0 unspecified atom stereocenters. The van der Waals surface area contributed by atoms with Crippen molar-refractivity contribution in [2.45, 2.75) is 12.1 Å². The molecule has 0 saturated heterocycles. The fourth-order valence-corrected chi connectivity index (χ4v) is 2.49. The van der Waals surface area contributed by atoms with Crippen LogP contribution in [0.4, 0.5) is 17.6 Å². The summed E-state index contributed by atoms with van der Waals surface area (Å²) in [6, 6.07) is 9.67. The van der Waals surface area contributed by atoms with Crippen molar-refractivity contribution in [1.82, 2.24) is 9.97 Å². The summed E-state index contributed by atoms with van der Waals surface area (Å²) >= 11 is 0. The van der Waals surface area contributed by atoms with E-state index in [0.29, 0.717) is 17.5 Å². The molecule has 2 heterocycles. The summed E-state index contributed by atoms with van der Waals surface area (Å²) in [6.07, 6.45) is -1.19. The van der Waals surface area contributed by atoms with Crippen LogP contribution < -0.4 is 0 Å². The number of halogens is 4. The number of aromatic amines is 2. The van der Waals surface area contributed by atoms with Crippen molar-refractivity contribution >= 4 is 0 Å². The van der Waals surface area contributed by atoms with Crippen LogP contribution in [-0.4, -0.2) is 9.97 Å². The Labute approximate surface area is 123 Å². The van der Waals surface area contributed by atoms with Gasteiger partial charge in [-0.05, 0) is 36.4 Å². The van der Waals surface area contributed by atoms with Crippen LogP contribution >= 0.6 is 0 Å². The van der Waals surface area contributed by atoms with Crippen LogP contribution in [0.5, 0.6) is 0 Å². The standard InChI is InChI=1S/C16H12F4N2/c17-12-9-10(16(18,19)20)5-6-11(12)15(13-3-1-7-21-13)14-4-2-8-22-14/h1-9,15,21-22H. The normalized spacial score (nSPS) is 12.0. The first kappa shape index (κ1) is 14.4. The highest BCUT2D eigenvalue weighted by Crippen LogP contribution is 2.35. The molecule has 0 atom stereocenters. The number of hydrogen-bond acceptors (Lipinski definition) is 0. The zero-order valence-corrected chi connectivity index (χ0v) is 11.3. The summed E-state index contributed by atoms with van der Waals surface area (Å²) in [5.41, 5.74) is 0.575. The molecule has 0 aliphatic rings. The van der Waals surface area contributed by atoms with E-state index in [1.165, 1.54) is 6.07 Å². The van der Waals surface area contributed by atoms with Crippen LogP contribution in [0.2, 0.25) is 0 Å². The minimum atomic E-state index is -4.56. The second-order valence-electron chi connectivity index (χ2n) is 4.92. The molecule has 0 saturated carbocycles. The molecule has 2 aromatic heterocycles. The summed E-state index contributed by atoms with van der Waals surface area (Å²) < 4.78 is 52.3. The highest BCUT2D eigenvalue weighted by Gasteiger charge is 2.32. The van der Waals surface area contributed by atoms with Crippen molar-refractivity contribution in [3.8, 4) is 0 Å². The third-order valence-electron chi connectivity index (χ3n) is 3.50. The van der Waals surface area contributed by atoms with E-state index in [0.717, 1.165) is 6.07 Å². The Morgan fingerprint density at radius 3 is 1.86 bits per heavy atom. The summed E-state index contributed by atoms with van der Waals surface area (Å²) in [7, 11) is 0. The Kier molecular flexibility index (Phi) is 3.52. The second-order valence-corrected chi connectivity index (χ2v) is 4.92. The van der Waals surface area contributed by atoms with Gasteiger partial charge < -0.3 is 9.97 Å². The van der Waals surface area contributed by atoms with Crippen molar-refractivity contribution in [2.75, 3.05) is 0 Å². The van der Waals surface area contributed by atoms with Gasteiger partial charge in [0.2, 0.25) is 0 Å². The topological polar surface area (TPSA) is 31.6 Å². The van der Waals surface area contributed by atoms with E-state index in [9.17, 15) is 17.6 Å². The largest absolute Gasteiger partial charge is 0.416 e. The van der Waals surface area contributed by atoms with Crippen molar-refractivity contribution in [2.24, 2.45) is 0 Å². The van der Waals surface area contributed by atoms with Crippen LogP contribution in [0.3, 0.4) is 0 Å². The molecule has 3 rings (SSSR count). The Hall–Kier alpha value is -2.50. The minimum Gasteiger partial charge on any atom is -0.364 e. The van der Waals surface area contributed by atoms with E-state index in [1.54, 1.807) is 36.7 Å². The van der Waals surface area contributed by atoms with Crippen LogP contribution in [0.1, 0.15) is 28.4 Å². The minimum absolute atomic E-state index is 0.179. The monoisotopic (exact) mass is 308 g/mol.